The van der Waals surface area contributed by atoms with Gasteiger partial charge in [-0.05, 0) is 64.8 Å². The molecule has 8 nitrogen and oxygen atoms in total. The Hall–Kier alpha value is -0.900. The third-order valence-corrected chi connectivity index (χ3v) is 4.16. The lowest BCUT2D eigenvalue weighted by Crippen LogP contribution is -2.41. The summed E-state index contributed by atoms with van der Waals surface area (Å²) < 4.78 is 0. The van der Waals surface area contributed by atoms with Gasteiger partial charge in [0.15, 0.2) is 11.6 Å². The Morgan fingerprint density at radius 1 is 0.731 bits per heavy atom. The number of carbonyl (C=O) groups excluding carboxylic acids is 2. The Labute approximate surface area is 156 Å². The third-order valence-electron chi connectivity index (χ3n) is 4.16. The minimum absolute atomic E-state index is 0.0814. The second-order valence-corrected chi connectivity index (χ2v) is 6.49. The predicted octanol–water partition coefficient (Wildman–Crippen LogP) is -0.903. The molecule has 0 spiro atoms. The zero-order valence-electron chi connectivity index (χ0n) is 15.8. The van der Waals surface area contributed by atoms with Crippen molar-refractivity contribution in [2.45, 2.75) is 63.6 Å². The summed E-state index contributed by atoms with van der Waals surface area (Å²) in [5, 5.41) is 34.1. The molecule has 8 heteroatoms. The van der Waals surface area contributed by atoms with Crippen molar-refractivity contribution >= 4 is 11.6 Å². The smallest absolute Gasteiger partial charge is 0.189 e. The van der Waals surface area contributed by atoms with Gasteiger partial charge < -0.3 is 31.7 Å². The summed E-state index contributed by atoms with van der Waals surface area (Å²) in [4.78, 5) is 22.7. The van der Waals surface area contributed by atoms with Gasteiger partial charge in [-0.15, -0.1) is 0 Å². The Balaban J connectivity index is 3.40. The van der Waals surface area contributed by atoms with Crippen LogP contribution < -0.4 is 16.4 Å². The second kappa shape index (κ2) is 17.5. The lowest BCUT2D eigenvalue weighted by atomic mass is 10.0. The summed E-state index contributed by atoms with van der Waals surface area (Å²) in [5.41, 5.74) is 5.44. The molecule has 0 heterocycles. The minimum atomic E-state index is -1.84. The van der Waals surface area contributed by atoms with Crippen molar-refractivity contribution in [3.63, 3.8) is 0 Å². The average Bonchev–Trinajstić information content (AvgIpc) is 2.66. The first kappa shape index (κ1) is 25.1. The highest BCUT2D eigenvalue weighted by Crippen LogP contribution is 2.02. The number of hydrogen-bond donors (Lipinski definition) is 6. The maximum absolute atomic E-state index is 11.6. The van der Waals surface area contributed by atoms with E-state index in [1.54, 1.807) is 0 Å². The molecule has 0 aliphatic carbocycles. The summed E-state index contributed by atoms with van der Waals surface area (Å²) in [5.74, 6) is -1.53. The van der Waals surface area contributed by atoms with Crippen LogP contribution in [-0.4, -0.2) is 78.4 Å². The molecule has 0 radical (unpaired) electrons. The number of aliphatic hydroxyl groups is 3. The van der Waals surface area contributed by atoms with Crippen molar-refractivity contribution < 1.29 is 24.9 Å². The standard InChI is InChI=1S/C18H37N3O5/c19-9-3-1-4-10-20-11-5-2-6-12-21-13-7-8-15(23)17(25)18(26)16(24)14-22/h17-18,20-22,25-26H,1-14,19H2/t17-,18-/m0/s1. The normalized spacial score (nSPS) is 13.5. The number of Topliss-reactive ketones (excluding diaryl/α,β-unsaturated/α-hetero) is 2. The number of carbonyl (C=O) groups is 2. The molecule has 0 fully saturated rings. The largest absolute Gasteiger partial charge is 0.388 e. The van der Waals surface area contributed by atoms with Crippen molar-refractivity contribution in [2.24, 2.45) is 5.73 Å². The van der Waals surface area contributed by atoms with Crippen LogP contribution in [0.15, 0.2) is 0 Å². The quantitative estimate of drug-likeness (QED) is 0.159. The first-order chi connectivity index (χ1) is 12.5. The van der Waals surface area contributed by atoms with Crippen molar-refractivity contribution in [1.29, 1.82) is 0 Å². The van der Waals surface area contributed by atoms with E-state index in [0.29, 0.717) is 13.0 Å². The number of ketones is 2. The highest BCUT2D eigenvalue weighted by molar-refractivity contribution is 5.93. The molecule has 0 saturated carbocycles. The van der Waals surface area contributed by atoms with Crippen LogP contribution in [0.25, 0.3) is 0 Å². The zero-order chi connectivity index (χ0) is 19.6. The highest BCUT2D eigenvalue weighted by atomic mass is 16.3. The first-order valence-electron chi connectivity index (χ1n) is 9.68. The van der Waals surface area contributed by atoms with Gasteiger partial charge in [0.2, 0.25) is 0 Å². The number of hydrogen-bond acceptors (Lipinski definition) is 8. The third kappa shape index (κ3) is 13.3. The van der Waals surface area contributed by atoms with Gasteiger partial charge in [0.05, 0.1) is 0 Å². The van der Waals surface area contributed by atoms with Crippen LogP contribution in [0.3, 0.4) is 0 Å². The van der Waals surface area contributed by atoms with Crippen LogP contribution in [0.4, 0.5) is 0 Å². The van der Waals surface area contributed by atoms with E-state index in [0.717, 1.165) is 51.9 Å². The summed E-state index contributed by atoms with van der Waals surface area (Å²) in [6, 6.07) is 0. The number of nitrogens with two attached hydrogens (primary N) is 1. The Bertz CT molecular complexity index is 369. The van der Waals surface area contributed by atoms with E-state index in [-0.39, 0.29) is 6.42 Å². The lowest BCUT2D eigenvalue weighted by Gasteiger charge is -2.14. The van der Waals surface area contributed by atoms with Crippen molar-refractivity contribution in [1.82, 2.24) is 10.6 Å². The monoisotopic (exact) mass is 375 g/mol. The number of aliphatic hydroxyl groups excluding tert-OH is 3. The van der Waals surface area contributed by atoms with Crippen LogP contribution in [0.5, 0.6) is 0 Å². The van der Waals surface area contributed by atoms with Gasteiger partial charge in [0.25, 0.3) is 0 Å². The first-order valence-corrected chi connectivity index (χ1v) is 9.68. The maximum Gasteiger partial charge on any atom is 0.189 e. The summed E-state index contributed by atoms with van der Waals surface area (Å²) in [6.45, 7) is 3.48. The molecule has 0 saturated heterocycles. The number of nitrogens with one attached hydrogen (secondary N) is 2. The number of rotatable bonds is 19. The summed E-state index contributed by atoms with van der Waals surface area (Å²) in [7, 11) is 0. The molecule has 0 aliphatic heterocycles. The van der Waals surface area contributed by atoms with Crippen LogP contribution >= 0.6 is 0 Å². The van der Waals surface area contributed by atoms with E-state index in [9.17, 15) is 19.8 Å². The second-order valence-electron chi connectivity index (χ2n) is 6.49. The van der Waals surface area contributed by atoms with Crippen LogP contribution in [-0.2, 0) is 9.59 Å². The minimum Gasteiger partial charge on any atom is -0.388 e. The fourth-order valence-corrected chi connectivity index (χ4v) is 2.48. The van der Waals surface area contributed by atoms with Gasteiger partial charge >= 0.3 is 0 Å². The van der Waals surface area contributed by atoms with E-state index < -0.39 is 30.4 Å². The fourth-order valence-electron chi connectivity index (χ4n) is 2.48. The fraction of sp³-hybridized carbons (Fsp3) is 0.889. The molecular weight excluding hydrogens is 338 g/mol. The number of unbranched alkanes of at least 4 members (excludes halogenated alkanes) is 4. The van der Waals surface area contributed by atoms with E-state index in [2.05, 4.69) is 10.6 Å². The van der Waals surface area contributed by atoms with Crippen LogP contribution in [0.2, 0.25) is 0 Å². The molecule has 7 N–H and O–H groups in total. The molecule has 0 amide bonds. The summed E-state index contributed by atoms with van der Waals surface area (Å²) in [6.07, 6.45) is 3.82. The topological polar surface area (TPSA) is 145 Å². The molecule has 0 rings (SSSR count). The predicted molar refractivity (Wildman–Crippen MR) is 101 cm³/mol. The molecule has 0 aromatic carbocycles. The van der Waals surface area contributed by atoms with Crippen LogP contribution in [0, 0.1) is 0 Å². The molecule has 0 aliphatic rings. The van der Waals surface area contributed by atoms with Gasteiger partial charge in [0, 0.05) is 6.42 Å². The maximum atomic E-state index is 11.6. The molecule has 0 bridgehead atoms. The van der Waals surface area contributed by atoms with Gasteiger partial charge in [-0.3, -0.25) is 9.59 Å². The molecule has 0 aromatic heterocycles. The SMILES string of the molecule is NCCCCCNCCCCCNCCCC(=O)[C@H](O)[C@@H](O)C(=O)CO. The molecular formula is C18H37N3O5. The zero-order valence-corrected chi connectivity index (χ0v) is 15.8. The van der Waals surface area contributed by atoms with Crippen molar-refractivity contribution in [3.05, 3.63) is 0 Å². The van der Waals surface area contributed by atoms with Gasteiger partial charge in [-0.1, -0.05) is 12.8 Å². The van der Waals surface area contributed by atoms with Gasteiger partial charge in [-0.2, -0.15) is 0 Å². The van der Waals surface area contributed by atoms with E-state index in [4.69, 9.17) is 10.8 Å². The molecule has 26 heavy (non-hydrogen) atoms. The van der Waals surface area contributed by atoms with Crippen LogP contribution in [0.1, 0.15) is 51.4 Å². The Morgan fingerprint density at radius 2 is 1.19 bits per heavy atom. The Kier molecular flexibility index (Phi) is 16.9. The molecule has 0 aromatic rings. The molecule has 154 valence electrons. The summed E-state index contributed by atoms with van der Waals surface area (Å²) >= 11 is 0. The lowest BCUT2D eigenvalue weighted by molar-refractivity contribution is -0.145. The Morgan fingerprint density at radius 3 is 1.69 bits per heavy atom. The van der Waals surface area contributed by atoms with Gasteiger partial charge in [0.1, 0.15) is 18.8 Å². The van der Waals surface area contributed by atoms with E-state index >= 15 is 0 Å². The average molecular weight is 376 g/mol. The highest BCUT2D eigenvalue weighted by Gasteiger charge is 2.28. The van der Waals surface area contributed by atoms with Crippen molar-refractivity contribution in [3.8, 4) is 0 Å². The van der Waals surface area contributed by atoms with E-state index in [1.165, 1.54) is 12.8 Å². The van der Waals surface area contributed by atoms with Crippen molar-refractivity contribution in [2.75, 3.05) is 39.3 Å². The van der Waals surface area contributed by atoms with E-state index in [1.807, 2.05) is 0 Å². The molecule has 2 atom stereocenters. The molecule has 0 unspecified atom stereocenters. The van der Waals surface area contributed by atoms with Gasteiger partial charge in [-0.25, -0.2) is 0 Å².